The fraction of sp³-hybridized carbons (Fsp3) is 1.00. The average Bonchev–Trinajstić information content (AvgIpc) is 2.31. The molecule has 18 heavy (non-hydrogen) atoms. The van der Waals surface area contributed by atoms with Crippen LogP contribution in [-0.2, 0) is 14.8 Å². The van der Waals surface area contributed by atoms with Gasteiger partial charge in [0.25, 0.3) is 0 Å². The molecule has 5 nitrogen and oxygen atoms in total. The summed E-state index contributed by atoms with van der Waals surface area (Å²) in [4.78, 5) is 0. The minimum absolute atomic E-state index is 0.00891. The van der Waals surface area contributed by atoms with Crippen molar-refractivity contribution < 1.29 is 18.3 Å². The molecule has 0 radical (unpaired) electrons. The number of ether oxygens (including phenoxy) is 1. The van der Waals surface area contributed by atoms with Gasteiger partial charge in [0.2, 0.25) is 10.0 Å². The van der Waals surface area contributed by atoms with E-state index in [0.717, 1.165) is 12.8 Å². The van der Waals surface area contributed by atoms with Gasteiger partial charge in [-0.25, -0.2) is 13.1 Å². The van der Waals surface area contributed by atoms with Crippen LogP contribution in [0.25, 0.3) is 0 Å². The van der Waals surface area contributed by atoms with E-state index in [1.165, 1.54) is 0 Å². The van der Waals surface area contributed by atoms with E-state index >= 15 is 0 Å². The van der Waals surface area contributed by atoms with E-state index in [-0.39, 0.29) is 37.0 Å². The van der Waals surface area contributed by atoms with Crippen molar-refractivity contribution in [1.29, 1.82) is 0 Å². The van der Waals surface area contributed by atoms with Crippen LogP contribution in [0.4, 0.5) is 0 Å². The van der Waals surface area contributed by atoms with Gasteiger partial charge in [-0.2, -0.15) is 0 Å². The molecular weight excluding hydrogens is 254 g/mol. The SMILES string of the molecule is CCC(CC)(CO)CNS(=O)(=O)CCOC(C)C. The van der Waals surface area contributed by atoms with Gasteiger partial charge in [-0.3, -0.25) is 0 Å². The van der Waals surface area contributed by atoms with Crippen LogP contribution in [0.15, 0.2) is 0 Å². The Morgan fingerprint density at radius 3 is 2.22 bits per heavy atom. The van der Waals surface area contributed by atoms with Crippen molar-refractivity contribution in [3.05, 3.63) is 0 Å². The third-order valence-corrected chi connectivity index (χ3v) is 4.59. The van der Waals surface area contributed by atoms with Crippen molar-refractivity contribution in [2.75, 3.05) is 25.5 Å². The normalized spacial score (nSPS) is 13.2. The second kappa shape index (κ2) is 8.09. The zero-order chi connectivity index (χ0) is 14.2. The monoisotopic (exact) mass is 281 g/mol. The molecule has 0 fully saturated rings. The smallest absolute Gasteiger partial charge is 0.213 e. The van der Waals surface area contributed by atoms with Crippen LogP contribution < -0.4 is 4.72 Å². The Morgan fingerprint density at radius 1 is 1.28 bits per heavy atom. The molecular formula is C12H27NO4S. The average molecular weight is 281 g/mol. The van der Waals surface area contributed by atoms with E-state index in [0.29, 0.717) is 0 Å². The fourth-order valence-electron chi connectivity index (χ4n) is 1.51. The summed E-state index contributed by atoms with van der Waals surface area (Å²) in [5, 5.41) is 9.36. The Hall–Kier alpha value is -0.170. The lowest BCUT2D eigenvalue weighted by atomic mass is 9.84. The summed E-state index contributed by atoms with van der Waals surface area (Å²) >= 11 is 0. The molecule has 110 valence electrons. The first-order valence-corrected chi connectivity index (χ1v) is 8.16. The largest absolute Gasteiger partial charge is 0.396 e. The standard InChI is InChI=1S/C12H27NO4S/c1-5-12(6-2,10-14)9-13-18(15,16)8-7-17-11(3)4/h11,13-14H,5-10H2,1-4H3. The maximum absolute atomic E-state index is 11.7. The number of hydrogen-bond acceptors (Lipinski definition) is 4. The topological polar surface area (TPSA) is 75.6 Å². The molecule has 0 aliphatic heterocycles. The molecule has 2 N–H and O–H groups in total. The molecule has 0 rings (SSSR count). The van der Waals surface area contributed by atoms with Crippen molar-refractivity contribution in [2.24, 2.45) is 5.41 Å². The van der Waals surface area contributed by atoms with Gasteiger partial charge in [-0.1, -0.05) is 13.8 Å². The lowest BCUT2D eigenvalue weighted by Crippen LogP contribution is -2.40. The van der Waals surface area contributed by atoms with Crippen molar-refractivity contribution in [2.45, 2.75) is 46.6 Å². The first kappa shape index (κ1) is 17.8. The molecule has 0 saturated carbocycles. The Labute approximate surface area is 111 Å². The molecule has 0 atom stereocenters. The van der Waals surface area contributed by atoms with Gasteiger partial charge in [0.05, 0.1) is 18.5 Å². The van der Waals surface area contributed by atoms with E-state index in [4.69, 9.17) is 4.74 Å². The Kier molecular flexibility index (Phi) is 8.02. The van der Waals surface area contributed by atoms with E-state index in [1.807, 2.05) is 27.7 Å². The summed E-state index contributed by atoms with van der Waals surface area (Å²) in [5.74, 6) is -0.0416. The predicted molar refractivity (Wildman–Crippen MR) is 73.0 cm³/mol. The van der Waals surface area contributed by atoms with E-state index < -0.39 is 10.0 Å². The molecule has 0 unspecified atom stereocenters. The molecule has 0 saturated heterocycles. The molecule has 0 aromatic carbocycles. The van der Waals surface area contributed by atoms with Crippen LogP contribution >= 0.6 is 0 Å². The molecule has 0 amide bonds. The number of hydrogen-bond donors (Lipinski definition) is 2. The minimum Gasteiger partial charge on any atom is -0.396 e. The minimum atomic E-state index is -3.33. The third kappa shape index (κ3) is 6.68. The van der Waals surface area contributed by atoms with Crippen LogP contribution in [0, 0.1) is 5.41 Å². The van der Waals surface area contributed by atoms with E-state index in [2.05, 4.69) is 4.72 Å². The summed E-state index contributed by atoms with van der Waals surface area (Å²) in [6.07, 6.45) is 1.51. The van der Waals surface area contributed by atoms with Gasteiger partial charge in [0.1, 0.15) is 0 Å². The number of sulfonamides is 1. The summed E-state index contributed by atoms with van der Waals surface area (Å²) in [6.45, 7) is 8.10. The Balaban J connectivity index is 4.24. The number of rotatable bonds is 10. The molecule has 0 aliphatic rings. The lowest BCUT2D eigenvalue weighted by Gasteiger charge is -2.29. The van der Waals surface area contributed by atoms with Gasteiger partial charge in [0.15, 0.2) is 0 Å². The van der Waals surface area contributed by atoms with Crippen LogP contribution in [-0.4, -0.2) is 45.1 Å². The highest BCUT2D eigenvalue weighted by atomic mass is 32.2. The Morgan fingerprint density at radius 2 is 1.83 bits per heavy atom. The quantitative estimate of drug-likeness (QED) is 0.629. The molecule has 0 spiro atoms. The summed E-state index contributed by atoms with van der Waals surface area (Å²) in [6, 6.07) is 0. The lowest BCUT2D eigenvalue weighted by molar-refractivity contribution is 0.0909. The first-order valence-electron chi connectivity index (χ1n) is 6.50. The molecule has 0 bridgehead atoms. The maximum Gasteiger partial charge on any atom is 0.213 e. The second-order valence-electron chi connectivity index (χ2n) is 4.92. The van der Waals surface area contributed by atoms with Gasteiger partial charge < -0.3 is 9.84 Å². The zero-order valence-corrected chi connectivity index (χ0v) is 12.7. The molecule has 0 aliphatic carbocycles. The second-order valence-corrected chi connectivity index (χ2v) is 6.85. The molecule has 6 heteroatoms. The van der Waals surface area contributed by atoms with E-state index in [1.54, 1.807) is 0 Å². The molecule has 0 aromatic heterocycles. The van der Waals surface area contributed by atoms with Crippen molar-refractivity contribution in [3.8, 4) is 0 Å². The van der Waals surface area contributed by atoms with Crippen LogP contribution in [0.5, 0.6) is 0 Å². The van der Waals surface area contributed by atoms with Crippen LogP contribution in [0.3, 0.4) is 0 Å². The molecule has 0 heterocycles. The number of nitrogens with one attached hydrogen (secondary N) is 1. The summed E-state index contributed by atoms with van der Waals surface area (Å²) in [5.41, 5.74) is -0.355. The van der Waals surface area contributed by atoms with Gasteiger partial charge in [-0.05, 0) is 26.7 Å². The van der Waals surface area contributed by atoms with Gasteiger partial charge >= 0.3 is 0 Å². The number of aliphatic hydroxyl groups excluding tert-OH is 1. The van der Waals surface area contributed by atoms with E-state index in [9.17, 15) is 13.5 Å². The first-order chi connectivity index (χ1) is 8.31. The van der Waals surface area contributed by atoms with Crippen LogP contribution in [0.1, 0.15) is 40.5 Å². The zero-order valence-electron chi connectivity index (χ0n) is 11.9. The summed E-state index contributed by atoms with van der Waals surface area (Å²) < 4.78 is 31.2. The highest BCUT2D eigenvalue weighted by molar-refractivity contribution is 7.89. The highest BCUT2D eigenvalue weighted by Crippen LogP contribution is 2.24. The summed E-state index contributed by atoms with van der Waals surface area (Å²) in [7, 11) is -3.33. The van der Waals surface area contributed by atoms with Crippen molar-refractivity contribution in [1.82, 2.24) is 4.72 Å². The maximum atomic E-state index is 11.7. The van der Waals surface area contributed by atoms with Gasteiger partial charge in [0, 0.05) is 18.6 Å². The Bertz CT molecular complexity index is 302. The van der Waals surface area contributed by atoms with Crippen molar-refractivity contribution in [3.63, 3.8) is 0 Å². The van der Waals surface area contributed by atoms with Gasteiger partial charge in [-0.15, -0.1) is 0 Å². The number of aliphatic hydroxyl groups is 1. The predicted octanol–water partition coefficient (Wildman–Crippen LogP) is 1.13. The van der Waals surface area contributed by atoms with Crippen molar-refractivity contribution >= 4 is 10.0 Å². The molecule has 0 aromatic rings. The third-order valence-electron chi connectivity index (χ3n) is 3.31. The highest BCUT2D eigenvalue weighted by Gasteiger charge is 2.27. The fourth-order valence-corrected chi connectivity index (χ4v) is 2.49. The van der Waals surface area contributed by atoms with Crippen LogP contribution in [0.2, 0.25) is 0 Å².